The summed E-state index contributed by atoms with van der Waals surface area (Å²) in [7, 11) is 0. The lowest BCUT2D eigenvalue weighted by molar-refractivity contribution is -0.0379. The Bertz CT molecular complexity index is 930. The number of ether oxygens (including phenoxy) is 1. The van der Waals surface area contributed by atoms with Gasteiger partial charge in [0.1, 0.15) is 10.7 Å². The number of aryl methyl sites for hydroxylation is 1. The van der Waals surface area contributed by atoms with Gasteiger partial charge in [0.2, 0.25) is 0 Å². The molecule has 8 heteroatoms. The van der Waals surface area contributed by atoms with Crippen LogP contribution in [0.4, 0.5) is 0 Å². The van der Waals surface area contributed by atoms with E-state index in [0.717, 1.165) is 46.9 Å². The maximum Gasteiger partial charge on any atom is 0.168 e. The summed E-state index contributed by atoms with van der Waals surface area (Å²) in [5, 5.41) is 17.9. The Morgan fingerprint density at radius 1 is 1.36 bits per heavy atom. The molecule has 4 heterocycles. The van der Waals surface area contributed by atoms with Crippen molar-refractivity contribution in [3.63, 3.8) is 0 Å². The summed E-state index contributed by atoms with van der Waals surface area (Å²) in [5.41, 5.74) is 2.02. The lowest BCUT2D eigenvalue weighted by atomic mass is 9.94. The fraction of sp³-hybridized carbons (Fsp3) is 0.588. The minimum Gasteiger partial charge on any atom is -0.396 e. The highest BCUT2D eigenvalue weighted by Crippen LogP contribution is 2.39. The number of aliphatic hydroxyl groups is 1. The molecule has 0 atom stereocenters. The van der Waals surface area contributed by atoms with E-state index in [9.17, 15) is 0 Å². The van der Waals surface area contributed by atoms with E-state index in [1.807, 2.05) is 11.4 Å². The van der Waals surface area contributed by atoms with Gasteiger partial charge in [-0.05, 0) is 39.3 Å². The molecule has 0 amide bonds. The van der Waals surface area contributed by atoms with Crippen molar-refractivity contribution in [2.24, 2.45) is 0 Å². The molecule has 7 nitrogen and oxygen atoms in total. The van der Waals surface area contributed by atoms with Crippen molar-refractivity contribution in [1.82, 2.24) is 24.9 Å². The molecule has 2 N–H and O–H groups in total. The molecule has 0 aliphatic carbocycles. The number of hydrogen-bond acceptors (Lipinski definition) is 7. The molecule has 0 unspecified atom stereocenters. The number of rotatable bonds is 5. The smallest absolute Gasteiger partial charge is 0.168 e. The molecule has 3 aromatic heterocycles. The monoisotopic (exact) mass is 361 g/mol. The predicted molar refractivity (Wildman–Crippen MR) is 96.9 cm³/mol. The highest BCUT2D eigenvalue weighted by molar-refractivity contribution is 7.19. The van der Waals surface area contributed by atoms with Gasteiger partial charge in [0, 0.05) is 17.9 Å². The van der Waals surface area contributed by atoms with Crippen LogP contribution in [-0.4, -0.2) is 43.4 Å². The highest BCUT2D eigenvalue weighted by atomic mass is 32.1. The van der Waals surface area contributed by atoms with Crippen LogP contribution >= 0.6 is 11.3 Å². The number of nitrogens with one attached hydrogen (secondary N) is 1. The van der Waals surface area contributed by atoms with Crippen molar-refractivity contribution >= 4 is 27.2 Å². The number of nitrogens with zero attached hydrogens (tertiary/aromatic N) is 4. The molecule has 134 valence electrons. The summed E-state index contributed by atoms with van der Waals surface area (Å²) in [4.78, 5) is 11.8. The molecule has 0 saturated carbocycles. The minimum atomic E-state index is -0.169. The highest BCUT2D eigenvalue weighted by Gasteiger charge is 2.31. The van der Waals surface area contributed by atoms with Crippen molar-refractivity contribution in [2.45, 2.75) is 52.4 Å². The van der Waals surface area contributed by atoms with Crippen LogP contribution in [0.15, 0.2) is 0 Å². The van der Waals surface area contributed by atoms with Gasteiger partial charge in [-0.1, -0.05) is 0 Å². The Balaban J connectivity index is 1.79. The summed E-state index contributed by atoms with van der Waals surface area (Å²) < 4.78 is 7.80. The van der Waals surface area contributed by atoms with Crippen LogP contribution in [0.3, 0.4) is 0 Å². The molecule has 25 heavy (non-hydrogen) atoms. The lowest BCUT2D eigenvalue weighted by Gasteiger charge is -2.30. The van der Waals surface area contributed by atoms with Gasteiger partial charge in [0.25, 0.3) is 0 Å². The first-order chi connectivity index (χ1) is 12.0. The minimum absolute atomic E-state index is 0.169. The number of hydrogen-bond donors (Lipinski definition) is 2. The summed E-state index contributed by atoms with van der Waals surface area (Å²) in [6.07, 6.45) is 1.59. The first kappa shape index (κ1) is 16.8. The van der Waals surface area contributed by atoms with Crippen LogP contribution in [0.2, 0.25) is 0 Å². The largest absolute Gasteiger partial charge is 0.396 e. The summed E-state index contributed by atoms with van der Waals surface area (Å²) in [5.74, 6) is 1.59. The van der Waals surface area contributed by atoms with Crippen molar-refractivity contribution in [1.29, 1.82) is 0 Å². The van der Waals surface area contributed by atoms with E-state index in [1.54, 1.807) is 11.3 Å². The fourth-order valence-corrected chi connectivity index (χ4v) is 4.41. The maximum absolute atomic E-state index is 8.87. The molecule has 0 bridgehead atoms. The van der Waals surface area contributed by atoms with Crippen molar-refractivity contribution in [2.75, 3.05) is 13.2 Å². The second-order valence-corrected chi connectivity index (χ2v) is 8.17. The molecule has 0 saturated heterocycles. The molecule has 0 radical (unpaired) electrons. The van der Waals surface area contributed by atoms with Crippen LogP contribution in [0.1, 0.15) is 42.4 Å². The average molecular weight is 361 g/mol. The topological polar surface area (TPSA) is 84.6 Å². The first-order valence-electron chi connectivity index (χ1n) is 8.60. The molecule has 0 spiro atoms. The predicted octanol–water partition coefficient (Wildman–Crippen LogP) is 1.97. The van der Waals surface area contributed by atoms with E-state index >= 15 is 0 Å². The quantitative estimate of drug-likeness (QED) is 0.676. The average Bonchev–Trinajstić information content (AvgIpc) is 3.12. The number of aliphatic hydroxyl groups excluding tert-OH is 1. The Kier molecular flexibility index (Phi) is 4.23. The molecule has 0 aromatic carbocycles. The molecular weight excluding hydrogens is 338 g/mol. The van der Waals surface area contributed by atoms with Crippen molar-refractivity contribution in [3.05, 3.63) is 22.1 Å². The second kappa shape index (κ2) is 6.28. The van der Waals surface area contributed by atoms with Gasteiger partial charge in [0.05, 0.1) is 24.1 Å². The zero-order valence-corrected chi connectivity index (χ0v) is 15.6. The van der Waals surface area contributed by atoms with Gasteiger partial charge in [-0.15, -0.1) is 16.4 Å². The molecule has 3 aromatic rings. The molecule has 1 aliphatic rings. The van der Waals surface area contributed by atoms with Crippen LogP contribution in [-0.2, 0) is 24.3 Å². The molecule has 0 fully saturated rings. The van der Waals surface area contributed by atoms with Crippen LogP contribution < -0.4 is 5.32 Å². The first-order valence-corrected chi connectivity index (χ1v) is 9.42. The summed E-state index contributed by atoms with van der Waals surface area (Å²) in [6, 6.07) is 0. The van der Waals surface area contributed by atoms with Crippen LogP contribution in [0.5, 0.6) is 0 Å². The van der Waals surface area contributed by atoms with Gasteiger partial charge in [0.15, 0.2) is 11.5 Å². The fourth-order valence-electron chi connectivity index (χ4n) is 3.26. The van der Waals surface area contributed by atoms with Crippen molar-refractivity contribution < 1.29 is 9.84 Å². The van der Waals surface area contributed by atoms with Crippen LogP contribution in [0.25, 0.3) is 15.9 Å². The van der Waals surface area contributed by atoms with Crippen molar-refractivity contribution in [3.8, 4) is 0 Å². The molecule has 4 rings (SSSR count). The van der Waals surface area contributed by atoms with Gasteiger partial charge >= 0.3 is 0 Å². The third kappa shape index (κ3) is 3.03. The van der Waals surface area contributed by atoms with E-state index in [2.05, 4.69) is 24.3 Å². The lowest BCUT2D eigenvalue weighted by Crippen LogP contribution is -2.31. The van der Waals surface area contributed by atoms with E-state index in [0.29, 0.717) is 13.2 Å². The Hall–Kier alpha value is -1.61. The number of thiophene rings is 1. The van der Waals surface area contributed by atoms with E-state index < -0.39 is 0 Å². The summed E-state index contributed by atoms with van der Waals surface area (Å²) >= 11 is 1.70. The third-order valence-corrected chi connectivity index (χ3v) is 5.61. The molecular formula is C17H23N5O2S. The van der Waals surface area contributed by atoms with Crippen LogP contribution in [0, 0.1) is 6.92 Å². The van der Waals surface area contributed by atoms with E-state index in [1.165, 1.54) is 10.4 Å². The van der Waals surface area contributed by atoms with E-state index in [4.69, 9.17) is 19.8 Å². The molecule has 1 aliphatic heterocycles. The van der Waals surface area contributed by atoms with Gasteiger partial charge in [-0.25, -0.2) is 9.97 Å². The van der Waals surface area contributed by atoms with E-state index in [-0.39, 0.29) is 12.2 Å². The normalized spacial score (nSPS) is 16.6. The number of aromatic nitrogens is 4. The standard InChI is InChI=1S/C17H23N5O2S/c1-10-19-16-14(11-7-17(2,3)24-9-12(11)25-16)15-20-13(21-22(10)15)8-18-5-4-6-23/h18,23H,4-9H2,1-3H3. The Labute approximate surface area is 150 Å². The van der Waals surface area contributed by atoms with Gasteiger partial charge in [-0.3, -0.25) is 0 Å². The summed E-state index contributed by atoms with van der Waals surface area (Å²) in [6.45, 7) is 8.37. The number of fused-ring (bicyclic) bond motifs is 5. The Morgan fingerprint density at radius 3 is 3.00 bits per heavy atom. The third-order valence-electron chi connectivity index (χ3n) is 4.51. The Morgan fingerprint density at radius 2 is 2.20 bits per heavy atom. The SMILES string of the molecule is Cc1nc2sc3c(c2c2nc(CNCCCO)nn12)CC(C)(C)OC3. The second-order valence-electron chi connectivity index (χ2n) is 7.09. The van der Waals surface area contributed by atoms with Gasteiger partial charge in [-0.2, -0.15) is 4.52 Å². The maximum atomic E-state index is 8.87. The zero-order valence-electron chi connectivity index (χ0n) is 14.8. The van der Waals surface area contributed by atoms with Gasteiger partial charge < -0.3 is 15.2 Å². The zero-order chi connectivity index (χ0) is 17.6.